The van der Waals surface area contributed by atoms with Crippen LogP contribution in [0.5, 0.6) is 5.88 Å². The number of fused-ring (bicyclic) bond motifs is 2. The number of nitrogens with zero attached hydrogens (tertiary/aromatic N) is 5. The number of methoxy groups -OCH3 is 1. The van der Waals surface area contributed by atoms with Crippen LogP contribution in [0.3, 0.4) is 0 Å². The second kappa shape index (κ2) is 18.6. The van der Waals surface area contributed by atoms with E-state index in [9.17, 15) is 24.0 Å². The Morgan fingerprint density at radius 1 is 0.816 bits per heavy atom. The van der Waals surface area contributed by atoms with Crippen molar-refractivity contribution in [3.63, 3.8) is 0 Å². The number of carboxylic acid groups (broad SMARTS) is 4. The molecule has 1 amide bonds. The largest absolute Gasteiger partial charge is 0.481 e. The Morgan fingerprint density at radius 2 is 1.39 bits per heavy atom. The minimum Gasteiger partial charge on any atom is -0.481 e. The van der Waals surface area contributed by atoms with Gasteiger partial charge in [-0.25, -0.2) is 24.2 Å². The number of hydrogen-bond acceptors (Lipinski definition) is 11. The summed E-state index contributed by atoms with van der Waals surface area (Å²) in [4.78, 5) is 67.1. The summed E-state index contributed by atoms with van der Waals surface area (Å²) in [5, 5.41) is 32.1. The summed E-state index contributed by atoms with van der Waals surface area (Å²) >= 11 is 0. The van der Waals surface area contributed by atoms with Gasteiger partial charge in [-0.1, -0.05) is 18.2 Å². The number of amides is 1. The van der Waals surface area contributed by atoms with E-state index in [0.717, 1.165) is 50.1 Å². The van der Waals surface area contributed by atoms with Crippen molar-refractivity contribution in [2.24, 2.45) is 0 Å². The molecule has 1 atom stereocenters. The van der Waals surface area contributed by atoms with Crippen LogP contribution < -0.4 is 9.64 Å². The van der Waals surface area contributed by atoms with Gasteiger partial charge in [0.2, 0.25) is 5.88 Å². The third-order valence-electron chi connectivity index (χ3n) is 7.11. The number of likely N-dealkylation sites (N-methyl/N-ethyl adjacent to an activating group) is 1. The number of carbonyl (C=O) groups excluding carboxylic acids is 1. The Morgan fingerprint density at radius 3 is 1.96 bits per heavy atom. The first kappa shape index (κ1) is 37.7. The molecule has 4 heterocycles. The zero-order chi connectivity index (χ0) is 35.9. The SMILES string of the molecule is COc1ccc2ccc(N3C(=O)c4ccccc4C3OCCCN3CCN(C)CC3)nc2n1.O=C(O)/C=C/C(=O)O.O=C(O)/C=C/C(=O)O. The molecule has 0 radical (unpaired) electrons. The van der Waals surface area contributed by atoms with Gasteiger partial charge in [0.05, 0.1) is 13.7 Å². The first-order chi connectivity index (χ1) is 23.4. The number of anilines is 1. The number of ether oxygens (including phenoxy) is 2. The van der Waals surface area contributed by atoms with Crippen molar-refractivity contribution in [1.82, 2.24) is 19.8 Å². The lowest BCUT2D eigenvalue weighted by Crippen LogP contribution is -2.44. The number of aromatic nitrogens is 2. The van der Waals surface area contributed by atoms with E-state index in [1.54, 1.807) is 18.1 Å². The molecule has 0 aliphatic carbocycles. The van der Waals surface area contributed by atoms with Gasteiger partial charge in [-0.2, -0.15) is 4.98 Å². The molecular formula is C33H37N5O11. The van der Waals surface area contributed by atoms with Crippen molar-refractivity contribution >= 4 is 46.6 Å². The molecule has 1 fully saturated rings. The molecule has 260 valence electrons. The molecule has 2 aromatic heterocycles. The third kappa shape index (κ3) is 11.8. The number of carbonyl (C=O) groups is 5. The number of aliphatic carboxylic acids is 4. The van der Waals surface area contributed by atoms with Gasteiger partial charge in [-0.15, -0.1) is 0 Å². The summed E-state index contributed by atoms with van der Waals surface area (Å²) in [5.41, 5.74) is 2.06. The van der Waals surface area contributed by atoms with Gasteiger partial charge in [0.1, 0.15) is 5.82 Å². The summed E-state index contributed by atoms with van der Waals surface area (Å²) in [6.45, 7) is 5.94. The average molecular weight is 680 g/mol. The van der Waals surface area contributed by atoms with Crippen LogP contribution in [0.2, 0.25) is 0 Å². The summed E-state index contributed by atoms with van der Waals surface area (Å²) < 4.78 is 11.6. The predicted octanol–water partition coefficient (Wildman–Crippen LogP) is 2.38. The highest BCUT2D eigenvalue weighted by molar-refractivity contribution is 6.10. The topological polar surface area (TPSA) is 220 Å². The first-order valence-electron chi connectivity index (χ1n) is 14.9. The molecule has 0 spiro atoms. The molecule has 2 aliphatic heterocycles. The number of hydrogen-bond donors (Lipinski definition) is 4. The van der Waals surface area contributed by atoms with Crippen LogP contribution in [0.25, 0.3) is 11.0 Å². The molecule has 2 aliphatic rings. The van der Waals surface area contributed by atoms with Gasteiger partial charge in [0, 0.05) is 79.6 Å². The maximum atomic E-state index is 13.3. The number of carboxylic acids is 4. The molecule has 16 heteroatoms. The van der Waals surface area contributed by atoms with E-state index < -0.39 is 30.1 Å². The Hall–Kier alpha value is -5.71. The van der Waals surface area contributed by atoms with Crippen LogP contribution in [-0.2, 0) is 23.9 Å². The highest BCUT2D eigenvalue weighted by Gasteiger charge is 2.39. The fourth-order valence-corrected chi connectivity index (χ4v) is 4.73. The van der Waals surface area contributed by atoms with Crippen LogP contribution in [0.1, 0.15) is 28.6 Å². The van der Waals surface area contributed by atoms with E-state index in [1.807, 2.05) is 42.5 Å². The van der Waals surface area contributed by atoms with Crippen LogP contribution in [0.15, 0.2) is 72.8 Å². The van der Waals surface area contributed by atoms with Crippen molar-refractivity contribution in [3.8, 4) is 5.88 Å². The maximum absolute atomic E-state index is 13.3. The van der Waals surface area contributed by atoms with Crippen molar-refractivity contribution in [2.75, 3.05) is 58.4 Å². The van der Waals surface area contributed by atoms with Crippen molar-refractivity contribution in [3.05, 3.63) is 84.0 Å². The average Bonchev–Trinajstić information content (AvgIpc) is 3.36. The van der Waals surface area contributed by atoms with Crippen LogP contribution in [0.4, 0.5) is 5.82 Å². The third-order valence-corrected chi connectivity index (χ3v) is 7.11. The number of rotatable bonds is 11. The van der Waals surface area contributed by atoms with Gasteiger partial charge < -0.3 is 39.7 Å². The fraction of sp³-hybridized carbons (Fsp3) is 0.303. The zero-order valence-electron chi connectivity index (χ0n) is 26.8. The highest BCUT2D eigenvalue weighted by Crippen LogP contribution is 2.38. The second-order valence-corrected chi connectivity index (χ2v) is 10.6. The van der Waals surface area contributed by atoms with Crippen LogP contribution in [0, 0.1) is 0 Å². The summed E-state index contributed by atoms with van der Waals surface area (Å²) in [7, 11) is 3.74. The molecule has 49 heavy (non-hydrogen) atoms. The number of pyridine rings is 2. The van der Waals surface area contributed by atoms with Gasteiger partial charge in [0.15, 0.2) is 11.9 Å². The summed E-state index contributed by atoms with van der Waals surface area (Å²) in [6, 6.07) is 15.1. The molecule has 16 nitrogen and oxygen atoms in total. The highest BCUT2D eigenvalue weighted by atomic mass is 16.5. The summed E-state index contributed by atoms with van der Waals surface area (Å²) in [5.74, 6) is -4.13. The molecule has 1 saturated heterocycles. The Balaban J connectivity index is 0.000000338. The smallest absolute Gasteiger partial charge is 0.328 e. The van der Waals surface area contributed by atoms with E-state index in [4.69, 9.17) is 29.9 Å². The van der Waals surface area contributed by atoms with Crippen molar-refractivity contribution in [1.29, 1.82) is 0 Å². The van der Waals surface area contributed by atoms with Crippen molar-refractivity contribution in [2.45, 2.75) is 12.6 Å². The van der Waals surface area contributed by atoms with Gasteiger partial charge in [0.25, 0.3) is 5.91 Å². The minimum absolute atomic E-state index is 0.107. The van der Waals surface area contributed by atoms with Crippen LogP contribution in [-0.4, -0.2) is 123 Å². The molecule has 1 aromatic carbocycles. The predicted molar refractivity (Wildman–Crippen MR) is 175 cm³/mol. The zero-order valence-corrected chi connectivity index (χ0v) is 26.8. The Bertz CT molecular complexity index is 1640. The number of benzene rings is 1. The fourth-order valence-electron chi connectivity index (χ4n) is 4.73. The quantitative estimate of drug-likeness (QED) is 0.169. The van der Waals surface area contributed by atoms with E-state index in [0.29, 0.717) is 53.8 Å². The van der Waals surface area contributed by atoms with Gasteiger partial charge >= 0.3 is 23.9 Å². The lowest BCUT2D eigenvalue weighted by molar-refractivity contribution is -0.134. The second-order valence-electron chi connectivity index (χ2n) is 10.6. The molecule has 0 saturated carbocycles. The molecule has 3 aromatic rings. The normalized spacial score (nSPS) is 16.1. The van der Waals surface area contributed by atoms with E-state index in [1.165, 1.54) is 0 Å². The Labute approximate surface area is 281 Å². The lowest BCUT2D eigenvalue weighted by atomic mass is 10.1. The Kier molecular flexibility index (Phi) is 14.3. The molecule has 5 rings (SSSR count). The van der Waals surface area contributed by atoms with Crippen molar-refractivity contribution < 1.29 is 53.9 Å². The van der Waals surface area contributed by atoms with Gasteiger partial charge in [-0.05, 0) is 37.7 Å². The monoisotopic (exact) mass is 679 g/mol. The molecule has 0 bridgehead atoms. The number of piperazine rings is 1. The first-order valence-corrected chi connectivity index (χ1v) is 14.9. The molecule has 1 unspecified atom stereocenters. The minimum atomic E-state index is -1.26. The lowest BCUT2D eigenvalue weighted by Gasteiger charge is -2.32. The summed E-state index contributed by atoms with van der Waals surface area (Å²) in [6.07, 6.45) is 2.64. The van der Waals surface area contributed by atoms with Crippen LogP contribution >= 0.6 is 0 Å². The molecule has 4 N–H and O–H groups in total. The van der Waals surface area contributed by atoms with E-state index >= 15 is 0 Å². The maximum Gasteiger partial charge on any atom is 0.328 e. The molecular weight excluding hydrogens is 642 g/mol. The van der Waals surface area contributed by atoms with Gasteiger partial charge in [-0.3, -0.25) is 9.69 Å². The standard InChI is InChI=1S/C25H29N5O3.2C4H4O4/c1-28-13-15-29(16-14-28)12-5-17-33-25-20-7-4-3-6-19(20)24(31)30(25)21-10-8-18-9-11-22(32-2)27-23(18)26-21;2*5-3(6)1-2-4(7)8/h3-4,6-11,25H,5,12-17H2,1-2H3;2*1-2H,(H,5,6)(H,7,8)/b;2*2-1+. The van der Waals surface area contributed by atoms with E-state index in [-0.39, 0.29) is 5.91 Å². The van der Waals surface area contributed by atoms with E-state index in [2.05, 4.69) is 26.8 Å².